The van der Waals surface area contributed by atoms with Gasteiger partial charge in [-0.1, -0.05) is 18.2 Å². The molecule has 4 nitrogen and oxygen atoms in total. The Bertz CT molecular complexity index is 525. The van der Waals surface area contributed by atoms with Crippen LogP contribution in [0.4, 0.5) is 11.5 Å². The Morgan fingerprint density at radius 2 is 1.94 bits per heavy atom. The van der Waals surface area contributed by atoms with Crippen molar-refractivity contribution in [2.45, 2.75) is 0 Å². The molecular weight excluding hydrogens is 214 g/mol. The van der Waals surface area contributed by atoms with Crippen molar-refractivity contribution in [1.82, 2.24) is 4.98 Å². The molecule has 0 radical (unpaired) electrons. The number of benzene rings is 1. The molecule has 0 saturated carbocycles. The average Bonchev–Trinajstić information content (AvgIpc) is 2.38. The molecule has 1 amide bonds. The first-order chi connectivity index (χ1) is 8.18. The lowest BCUT2D eigenvalue weighted by Crippen LogP contribution is -2.27. The Morgan fingerprint density at radius 3 is 2.59 bits per heavy atom. The summed E-state index contributed by atoms with van der Waals surface area (Å²) in [6, 6.07) is 12.4. The van der Waals surface area contributed by atoms with E-state index in [0.29, 0.717) is 17.1 Å². The maximum absolute atomic E-state index is 12.1. The van der Waals surface area contributed by atoms with E-state index in [1.807, 2.05) is 18.2 Å². The number of pyridine rings is 1. The summed E-state index contributed by atoms with van der Waals surface area (Å²) in [6.45, 7) is 0. The van der Waals surface area contributed by atoms with E-state index in [1.165, 1.54) is 4.90 Å². The van der Waals surface area contributed by atoms with Gasteiger partial charge < -0.3 is 5.73 Å². The summed E-state index contributed by atoms with van der Waals surface area (Å²) >= 11 is 0. The van der Waals surface area contributed by atoms with Gasteiger partial charge in [0.1, 0.15) is 5.82 Å². The second-order valence-corrected chi connectivity index (χ2v) is 3.68. The molecule has 1 heterocycles. The summed E-state index contributed by atoms with van der Waals surface area (Å²) in [5.41, 5.74) is 6.87. The Kier molecular flexibility index (Phi) is 3.05. The van der Waals surface area contributed by atoms with E-state index in [-0.39, 0.29) is 5.91 Å². The number of rotatable bonds is 2. The van der Waals surface area contributed by atoms with Gasteiger partial charge >= 0.3 is 0 Å². The third kappa shape index (κ3) is 2.42. The van der Waals surface area contributed by atoms with Crippen molar-refractivity contribution in [3.05, 3.63) is 54.2 Å². The summed E-state index contributed by atoms with van der Waals surface area (Å²) in [4.78, 5) is 17.7. The molecule has 0 fully saturated rings. The normalized spacial score (nSPS) is 9.94. The molecule has 1 aromatic carbocycles. The topological polar surface area (TPSA) is 59.2 Å². The van der Waals surface area contributed by atoms with Gasteiger partial charge in [0.25, 0.3) is 5.91 Å². The summed E-state index contributed by atoms with van der Waals surface area (Å²) in [5, 5.41) is 0. The fourth-order valence-electron chi connectivity index (χ4n) is 1.50. The van der Waals surface area contributed by atoms with Crippen molar-refractivity contribution < 1.29 is 4.79 Å². The lowest BCUT2D eigenvalue weighted by Gasteiger charge is -2.16. The Hall–Kier alpha value is -2.36. The van der Waals surface area contributed by atoms with E-state index in [1.54, 1.807) is 37.5 Å². The number of carbonyl (C=O) groups is 1. The molecule has 0 saturated heterocycles. The summed E-state index contributed by atoms with van der Waals surface area (Å²) < 4.78 is 0. The molecule has 4 heteroatoms. The first kappa shape index (κ1) is 11.1. The number of anilines is 2. The number of nitrogens with zero attached hydrogens (tertiary/aromatic N) is 2. The van der Waals surface area contributed by atoms with Gasteiger partial charge in [0, 0.05) is 30.6 Å². The van der Waals surface area contributed by atoms with Gasteiger partial charge in [-0.15, -0.1) is 0 Å². The maximum Gasteiger partial charge on any atom is 0.259 e. The van der Waals surface area contributed by atoms with Crippen molar-refractivity contribution in [1.29, 1.82) is 0 Å². The van der Waals surface area contributed by atoms with Gasteiger partial charge in [0.05, 0.1) is 0 Å². The number of hydrogen-bond donors (Lipinski definition) is 1. The van der Waals surface area contributed by atoms with E-state index in [2.05, 4.69) is 4.98 Å². The minimum absolute atomic E-state index is 0.108. The molecule has 0 unspecified atom stereocenters. The van der Waals surface area contributed by atoms with Crippen LogP contribution in [0.25, 0.3) is 0 Å². The van der Waals surface area contributed by atoms with E-state index < -0.39 is 0 Å². The highest BCUT2D eigenvalue weighted by atomic mass is 16.2. The minimum Gasteiger partial charge on any atom is -0.399 e. The quantitative estimate of drug-likeness (QED) is 0.852. The third-order valence-electron chi connectivity index (χ3n) is 2.44. The number of amides is 1. The second-order valence-electron chi connectivity index (χ2n) is 3.68. The summed E-state index contributed by atoms with van der Waals surface area (Å²) in [7, 11) is 1.68. The van der Waals surface area contributed by atoms with Crippen molar-refractivity contribution in [2.24, 2.45) is 0 Å². The van der Waals surface area contributed by atoms with Crippen LogP contribution in [0.3, 0.4) is 0 Å². The van der Waals surface area contributed by atoms with E-state index in [4.69, 9.17) is 5.73 Å². The molecule has 17 heavy (non-hydrogen) atoms. The molecule has 0 aliphatic heterocycles. The first-order valence-electron chi connectivity index (χ1n) is 5.23. The van der Waals surface area contributed by atoms with Crippen molar-refractivity contribution in [3.63, 3.8) is 0 Å². The Morgan fingerprint density at radius 1 is 1.24 bits per heavy atom. The first-order valence-corrected chi connectivity index (χ1v) is 5.23. The highest BCUT2D eigenvalue weighted by Crippen LogP contribution is 2.15. The molecule has 86 valence electrons. The fraction of sp³-hybridized carbons (Fsp3) is 0.0769. The van der Waals surface area contributed by atoms with Gasteiger partial charge in [0.15, 0.2) is 0 Å². The van der Waals surface area contributed by atoms with Crippen LogP contribution in [0.1, 0.15) is 10.4 Å². The van der Waals surface area contributed by atoms with Gasteiger partial charge in [-0.2, -0.15) is 0 Å². The van der Waals surface area contributed by atoms with Gasteiger partial charge in [0.2, 0.25) is 0 Å². The Balaban J connectivity index is 2.27. The van der Waals surface area contributed by atoms with Gasteiger partial charge in [-0.3, -0.25) is 9.69 Å². The zero-order chi connectivity index (χ0) is 12.3. The monoisotopic (exact) mass is 227 g/mol. The predicted octanol–water partition coefficient (Wildman–Crippen LogP) is 1.94. The van der Waals surface area contributed by atoms with Crippen molar-refractivity contribution in [3.8, 4) is 0 Å². The molecule has 0 bridgehead atoms. The maximum atomic E-state index is 12.1. The van der Waals surface area contributed by atoms with Crippen molar-refractivity contribution >= 4 is 17.4 Å². The molecule has 2 aromatic rings. The third-order valence-corrected chi connectivity index (χ3v) is 2.44. The molecule has 0 aliphatic carbocycles. The number of nitrogens with two attached hydrogens (primary N) is 1. The highest BCUT2D eigenvalue weighted by molar-refractivity contribution is 6.05. The lowest BCUT2D eigenvalue weighted by molar-refractivity contribution is 0.0992. The zero-order valence-corrected chi connectivity index (χ0v) is 9.50. The zero-order valence-electron chi connectivity index (χ0n) is 9.50. The average molecular weight is 227 g/mol. The Labute approximate surface area is 99.7 Å². The van der Waals surface area contributed by atoms with Crippen LogP contribution >= 0.6 is 0 Å². The smallest absolute Gasteiger partial charge is 0.259 e. The second kappa shape index (κ2) is 4.65. The summed E-state index contributed by atoms with van der Waals surface area (Å²) in [5.74, 6) is 0.433. The number of aromatic nitrogens is 1. The molecule has 1 aromatic heterocycles. The molecule has 0 aliphatic rings. The molecule has 2 N–H and O–H groups in total. The van der Waals surface area contributed by atoms with Crippen LogP contribution < -0.4 is 10.6 Å². The van der Waals surface area contributed by atoms with E-state index >= 15 is 0 Å². The van der Waals surface area contributed by atoms with Crippen LogP contribution in [-0.4, -0.2) is 17.9 Å². The summed E-state index contributed by atoms with van der Waals surface area (Å²) in [6.07, 6.45) is 1.58. The SMILES string of the molecule is CN(C(=O)c1ccccc1)c1cc(N)ccn1. The molecular formula is C13H13N3O. The van der Waals surface area contributed by atoms with Crippen LogP contribution in [0.2, 0.25) is 0 Å². The lowest BCUT2D eigenvalue weighted by atomic mass is 10.2. The predicted molar refractivity (Wildman–Crippen MR) is 67.8 cm³/mol. The van der Waals surface area contributed by atoms with E-state index in [0.717, 1.165) is 0 Å². The number of nitrogen functional groups attached to an aromatic ring is 1. The van der Waals surface area contributed by atoms with E-state index in [9.17, 15) is 4.79 Å². The molecule has 2 rings (SSSR count). The highest BCUT2D eigenvalue weighted by Gasteiger charge is 2.13. The van der Waals surface area contributed by atoms with Crippen LogP contribution in [0, 0.1) is 0 Å². The van der Waals surface area contributed by atoms with Gasteiger partial charge in [-0.25, -0.2) is 4.98 Å². The van der Waals surface area contributed by atoms with Gasteiger partial charge in [-0.05, 0) is 18.2 Å². The number of carbonyl (C=O) groups excluding carboxylic acids is 1. The fourth-order valence-corrected chi connectivity index (χ4v) is 1.50. The molecule has 0 spiro atoms. The van der Waals surface area contributed by atoms with Crippen LogP contribution in [0.5, 0.6) is 0 Å². The largest absolute Gasteiger partial charge is 0.399 e. The minimum atomic E-state index is -0.108. The van der Waals surface area contributed by atoms with Crippen molar-refractivity contribution in [2.75, 3.05) is 17.7 Å². The standard InChI is InChI=1S/C13H13N3O/c1-16(12-9-11(14)7-8-15-12)13(17)10-5-3-2-4-6-10/h2-9H,1H3,(H2,14,15). The van der Waals surface area contributed by atoms with Crippen LogP contribution in [-0.2, 0) is 0 Å². The number of hydrogen-bond acceptors (Lipinski definition) is 3. The molecule has 0 atom stereocenters. The van der Waals surface area contributed by atoms with Crippen LogP contribution in [0.15, 0.2) is 48.7 Å².